The minimum Gasteiger partial charge on any atom is -0.310 e. The van der Waals surface area contributed by atoms with Crippen LogP contribution in [0.3, 0.4) is 0 Å². The first-order chi connectivity index (χ1) is 10.4. The molecular formula is C19H30N2S. The van der Waals surface area contributed by atoms with Gasteiger partial charge < -0.3 is 5.32 Å². The first kappa shape index (κ1) is 17.6. The summed E-state index contributed by atoms with van der Waals surface area (Å²) in [4.78, 5) is 4.46. The van der Waals surface area contributed by atoms with Gasteiger partial charge in [-0.2, -0.15) is 11.8 Å². The van der Waals surface area contributed by atoms with Crippen molar-refractivity contribution in [2.45, 2.75) is 57.2 Å². The van der Waals surface area contributed by atoms with Crippen LogP contribution in [0.25, 0.3) is 0 Å². The second-order valence-corrected chi connectivity index (χ2v) is 7.95. The van der Waals surface area contributed by atoms with Crippen LogP contribution in [0.5, 0.6) is 0 Å². The van der Waals surface area contributed by atoms with Gasteiger partial charge >= 0.3 is 0 Å². The molecule has 0 amide bonds. The third kappa shape index (κ3) is 2.43. The third-order valence-corrected chi connectivity index (χ3v) is 7.45. The molecule has 0 heterocycles. The fourth-order valence-corrected chi connectivity index (χ4v) is 4.91. The lowest BCUT2D eigenvalue weighted by molar-refractivity contribution is 0.309. The molecule has 0 saturated carbocycles. The van der Waals surface area contributed by atoms with Crippen molar-refractivity contribution < 1.29 is 0 Å². The fourth-order valence-electron chi connectivity index (χ4n) is 3.97. The van der Waals surface area contributed by atoms with Gasteiger partial charge in [-0.3, -0.25) is 4.99 Å². The lowest BCUT2D eigenvalue weighted by atomic mass is 9.70. The normalized spacial score (nSPS) is 33.1. The molecule has 0 aromatic rings. The molecule has 0 aliphatic heterocycles. The summed E-state index contributed by atoms with van der Waals surface area (Å²) in [6.07, 6.45) is 10.1. The highest BCUT2D eigenvalue weighted by molar-refractivity contribution is 8.00. The molecule has 0 saturated heterocycles. The van der Waals surface area contributed by atoms with Gasteiger partial charge in [0.25, 0.3) is 0 Å². The van der Waals surface area contributed by atoms with E-state index in [4.69, 9.17) is 0 Å². The Hall–Kier alpha value is -0.800. The van der Waals surface area contributed by atoms with Gasteiger partial charge in [0, 0.05) is 17.5 Å². The molecule has 2 rings (SSSR count). The number of aliphatic imine (C=N–C) groups is 1. The van der Waals surface area contributed by atoms with Crippen LogP contribution in [0, 0.1) is 0 Å². The summed E-state index contributed by atoms with van der Waals surface area (Å²) >= 11 is 2.00. The minimum absolute atomic E-state index is 0.0304. The third-order valence-electron chi connectivity index (χ3n) is 5.94. The van der Waals surface area contributed by atoms with Crippen molar-refractivity contribution in [2.24, 2.45) is 4.99 Å². The molecule has 1 N–H and O–H groups in total. The van der Waals surface area contributed by atoms with Crippen molar-refractivity contribution in [1.29, 1.82) is 0 Å². The molecule has 2 nitrogen and oxygen atoms in total. The highest BCUT2D eigenvalue weighted by Crippen LogP contribution is 2.54. The van der Waals surface area contributed by atoms with Gasteiger partial charge in [-0.1, -0.05) is 12.2 Å². The van der Waals surface area contributed by atoms with Gasteiger partial charge in [-0.15, -0.1) is 0 Å². The first-order valence-electron chi connectivity index (χ1n) is 8.15. The summed E-state index contributed by atoms with van der Waals surface area (Å²) in [7, 11) is 4.01. The van der Waals surface area contributed by atoms with Gasteiger partial charge in [0.15, 0.2) is 0 Å². The van der Waals surface area contributed by atoms with Crippen molar-refractivity contribution >= 4 is 17.5 Å². The van der Waals surface area contributed by atoms with Crippen LogP contribution in [0.4, 0.5) is 0 Å². The number of nitrogens with one attached hydrogen (secondary N) is 1. The topological polar surface area (TPSA) is 24.4 Å². The standard InChI is InChI=1S/C19H30N2S/c1-8-9-14-15-10-11-18(3,22-7)19(4,21-6)17(15)12-16(14)13(2)20-5/h8-9,21H,10-12H2,1-7H3/b9-8-,20-13?. The maximum atomic E-state index is 4.46. The van der Waals surface area contributed by atoms with Crippen molar-refractivity contribution in [3.8, 4) is 0 Å². The van der Waals surface area contributed by atoms with E-state index in [0.29, 0.717) is 0 Å². The predicted molar refractivity (Wildman–Crippen MR) is 101 cm³/mol. The molecule has 2 aliphatic rings. The molecule has 22 heavy (non-hydrogen) atoms. The molecule has 3 heteroatoms. The maximum absolute atomic E-state index is 4.46. The van der Waals surface area contributed by atoms with Gasteiger partial charge in [0.2, 0.25) is 0 Å². The zero-order chi connectivity index (χ0) is 16.5. The predicted octanol–water partition coefficient (Wildman–Crippen LogP) is 4.54. The number of allylic oxidation sites excluding steroid dienone is 5. The SMILES string of the molecule is C/C=C\C1=C(C(C)=NC)CC2=C1CCC(C)(SC)C2(C)NC. The molecular weight excluding hydrogens is 288 g/mol. The number of rotatable bonds is 4. The van der Waals surface area contributed by atoms with E-state index in [2.05, 4.69) is 63.5 Å². The lowest BCUT2D eigenvalue weighted by Gasteiger charge is -2.50. The molecule has 2 atom stereocenters. The zero-order valence-corrected chi connectivity index (χ0v) is 15.9. The van der Waals surface area contributed by atoms with Gasteiger partial charge in [-0.25, -0.2) is 0 Å². The van der Waals surface area contributed by atoms with Gasteiger partial charge in [-0.05, 0) is 82.6 Å². The lowest BCUT2D eigenvalue weighted by Crippen LogP contribution is -2.59. The van der Waals surface area contributed by atoms with E-state index >= 15 is 0 Å². The molecule has 0 aromatic carbocycles. The first-order valence-corrected chi connectivity index (χ1v) is 9.37. The highest BCUT2D eigenvalue weighted by atomic mass is 32.2. The van der Waals surface area contributed by atoms with Crippen molar-refractivity contribution in [2.75, 3.05) is 20.4 Å². The summed E-state index contributed by atoms with van der Waals surface area (Å²) in [5.74, 6) is 0. The Balaban J connectivity index is 2.59. The number of likely N-dealkylation sites (N-methyl/N-ethyl adjacent to an activating group) is 1. The van der Waals surface area contributed by atoms with E-state index in [9.17, 15) is 0 Å². The maximum Gasteiger partial charge on any atom is 0.0518 e. The van der Waals surface area contributed by atoms with Gasteiger partial charge in [0.05, 0.1) is 5.54 Å². The summed E-state index contributed by atoms with van der Waals surface area (Å²) < 4.78 is 0.230. The fraction of sp³-hybridized carbons (Fsp3) is 0.632. The zero-order valence-electron chi connectivity index (χ0n) is 15.1. The molecule has 0 bridgehead atoms. The smallest absolute Gasteiger partial charge is 0.0518 e. The summed E-state index contributed by atoms with van der Waals surface area (Å²) in [5.41, 5.74) is 7.17. The van der Waals surface area contributed by atoms with Crippen LogP contribution in [-0.2, 0) is 0 Å². The van der Waals surface area contributed by atoms with E-state index in [1.165, 1.54) is 29.7 Å². The summed E-state index contributed by atoms with van der Waals surface area (Å²) in [5, 5.41) is 3.66. The van der Waals surface area contributed by atoms with E-state index < -0.39 is 0 Å². The van der Waals surface area contributed by atoms with E-state index in [0.717, 1.165) is 6.42 Å². The second-order valence-electron chi connectivity index (χ2n) is 6.65. The van der Waals surface area contributed by atoms with Crippen LogP contribution in [-0.4, -0.2) is 36.3 Å². The Kier molecular flexibility index (Phi) is 5.08. The number of hydrogen-bond donors (Lipinski definition) is 1. The van der Waals surface area contributed by atoms with E-state index in [1.807, 2.05) is 18.8 Å². The van der Waals surface area contributed by atoms with Crippen LogP contribution < -0.4 is 5.32 Å². The largest absolute Gasteiger partial charge is 0.310 e. The van der Waals surface area contributed by atoms with Crippen LogP contribution >= 0.6 is 11.8 Å². The highest BCUT2D eigenvalue weighted by Gasteiger charge is 2.51. The average Bonchev–Trinajstić information content (AvgIpc) is 2.90. The Morgan fingerprint density at radius 2 is 2.05 bits per heavy atom. The number of thioether (sulfide) groups is 1. The van der Waals surface area contributed by atoms with Crippen molar-refractivity contribution in [1.82, 2.24) is 5.32 Å². The van der Waals surface area contributed by atoms with E-state index in [1.54, 1.807) is 11.1 Å². The average molecular weight is 319 g/mol. The van der Waals surface area contributed by atoms with Crippen LogP contribution in [0.1, 0.15) is 47.0 Å². The molecule has 0 fully saturated rings. The molecule has 122 valence electrons. The Labute approximate surface area is 140 Å². The Morgan fingerprint density at radius 1 is 1.36 bits per heavy atom. The minimum atomic E-state index is 0.0304. The Morgan fingerprint density at radius 3 is 2.55 bits per heavy atom. The monoisotopic (exact) mass is 318 g/mol. The van der Waals surface area contributed by atoms with Gasteiger partial charge in [0.1, 0.15) is 0 Å². The molecule has 0 radical (unpaired) electrons. The Bertz CT molecular complexity index is 582. The molecule has 0 spiro atoms. The molecule has 0 aromatic heterocycles. The quantitative estimate of drug-likeness (QED) is 0.769. The van der Waals surface area contributed by atoms with Crippen LogP contribution in [0.2, 0.25) is 0 Å². The molecule has 2 unspecified atom stereocenters. The van der Waals surface area contributed by atoms with Crippen molar-refractivity contribution in [3.05, 3.63) is 34.4 Å². The number of hydrogen-bond acceptors (Lipinski definition) is 3. The molecule has 2 aliphatic carbocycles. The summed E-state index contributed by atoms with van der Waals surface area (Å²) in [6, 6.07) is 0. The van der Waals surface area contributed by atoms with Crippen molar-refractivity contribution in [3.63, 3.8) is 0 Å². The second kappa shape index (κ2) is 6.37. The summed E-state index contributed by atoms with van der Waals surface area (Å²) in [6.45, 7) is 9.04. The van der Waals surface area contributed by atoms with E-state index in [-0.39, 0.29) is 10.3 Å². The van der Waals surface area contributed by atoms with Crippen LogP contribution in [0.15, 0.2) is 39.4 Å². The number of nitrogens with zero attached hydrogens (tertiary/aromatic N) is 1.